The maximum Gasteiger partial charge on any atom is 0.253 e. The minimum absolute atomic E-state index is 0.480. The van der Waals surface area contributed by atoms with Crippen LogP contribution in [0.3, 0.4) is 0 Å². The number of thiol groups is 1. The summed E-state index contributed by atoms with van der Waals surface area (Å²) in [6.07, 6.45) is 1.73. The van der Waals surface area contributed by atoms with Crippen LogP contribution in [-0.2, 0) is 0 Å². The van der Waals surface area contributed by atoms with Crippen LogP contribution in [0.25, 0.3) is 5.69 Å². The molecule has 0 radical (unpaired) electrons. The second kappa shape index (κ2) is 7.91. The molecule has 3 rings (SSSR count). The Balaban J connectivity index is 1.87. The van der Waals surface area contributed by atoms with Gasteiger partial charge in [0.05, 0.1) is 27.6 Å². The molecule has 26 heavy (non-hydrogen) atoms. The third-order valence-corrected chi connectivity index (χ3v) is 5.62. The molecule has 0 fully saturated rings. The number of azo groups is 1. The molecule has 11 heteroatoms. The smallest absolute Gasteiger partial charge is 0.253 e. The molecular weight excluding hydrogens is 413 g/mol. The summed E-state index contributed by atoms with van der Waals surface area (Å²) in [4.78, 5) is 2.59. The number of benzene rings is 1. The van der Waals surface area contributed by atoms with Crippen LogP contribution < -0.4 is 4.90 Å². The lowest BCUT2D eigenvalue weighted by molar-refractivity contribution is 0.861. The van der Waals surface area contributed by atoms with Gasteiger partial charge in [-0.1, -0.05) is 34.5 Å². The molecular formula is C15H15Cl2N7S2. The molecule has 7 nitrogen and oxygen atoms in total. The monoisotopic (exact) mass is 427 g/mol. The second-order valence-electron chi connectivity index (χ2n) is 5.38. The van der Waals surface area contributed by atoms with E-state index >= 15 is 0 Å². The van der Waals surface area contributed by atoms with E-state index in [2.05, 4.69) is 38.2 Å². The van der Waals surface area contributed by atoms with Crippen molar-refractivity contribution in [1.29, 1.82) is 0 Å². The molecule has 0 unspecified atom stereocenters. The van der Waals surface area contributed by atoms with Crippen molar-refractivity contribution < 1.29 is 0 Å². The first kappa shape index (κ1) is 19.1. The summed E-state index contributed by atoms with van der Waals surface area (Å²) in [6, 6.07) is 3.38. The van der Waals surface area contributed by atoms with Crippen molar-refractivity contribution in [3.63, 3.8) is 0 Å². The van der Waals surface area contributed by atoms with E-state index in [9.17, 15) is 0 Å². The SMILES string of the molecule is CCN(C)c1nnc(N=Nc2cn(-c3cc(Cl)c(S)cc3Cl)nc2C)s1. The molecule has 0 aliphatic rings. The quantitative estimate of drug-likeness (QED) is 0.430. The van der Waals surface area contributed by atoms with Crippen LogP contribution in [0.4, 0.5) is 16.0 Å². The fourth-order valence-corrected chi connectivity index (χ4v) is 3.38. The predicted octanol–water partition coefficient (Wildman–Crippen LogP) is 5.50. The van der Waals surface area contributed by atoms with E-state index in [1.807, 2.05) is 25.8 Å². The van der Waals surface area contributed by atoms with Crippen molar-refractivity contribution in [1.82, 2.24) is 20.0 Å². The van der Waals surface area contributed by atoms with E-state index in [0.29, 0.717) is 37.1 Å². The first-order chi connectivity index (χ1) is 12.4. The van der Waals surface area contributed by atoms with Crippen molar-refractivity contribution >= 4 is 63.1 Å². The van der Waals surface area contributed by atoms with Gasteiger partial charge in [0.15, 0.2) is 0 Å². The zero-order valence-electron chi connectivity index (χ0n) is 14.2. The van der Waals surface area contributed by atoms with Crippen molar-refractivity contribution in [3.8, 4) is 5.69 Å². The maximum absolute atomic E-state index is 6.27. The molecule has 0 bridgehead atoms. The summed E-state index contributed by atoms with van der Waals surface area (Å²) in [7, 11) is 1.95. The van der Waals surface area contributed by atoms with E-state index in [4.69, 9.17) is 23.2 Å². The summed E-state index contributed by atoms with van der Waals surface area (Å²) in [5, 5.41) is 23.2. The standard InChI is InChI=1S/C15H15Cl2N7S2/c1-4-23(3)15-21-20-14(26-15)19-18-11-7-24(22-8(11)2)12-5-10(17)13(25)6-9(12)16/h5-7,25H,4H2,1-3H3. The van der Waals surface area contributed by atoms with Crippen LogP contribution in [0.5, 0.6) is 0 Å². The number of aryl methyl sites for hydroxylation is 1. The zero-order chi connectivity index (χ0) is 18.8. The highest BCUT2D eigenvalue weighted by Gasteiger charge is 2.12. The highest BCUT2D eigenvalue weighted by Crippen LogP contribution is 2.32. The number of rotatable bonds is 5. The van der Waals surface area contributed by atoms with Crippen LogP contribution in [0.1, 0.15) is 12.6 Å². The zero-order valence-corrected chi connectivity index (χ0v) is 17.4. The molecule has 0 atom stereocenters. The van der Waals surface area contributed by atoms with Gasteiger partial charge in [0.1, 0.15) is 5.69 Å². The highest BCUT2D eigenvalue weighted by molar-refractivity contribution is 7.80. The number of hydrogen-bond donors (Lipinski definition) is 1. The number of hydrogen-bond acceptors (Lipinski definition) is 8. The lowest BCUT2D eigenvalue weighted by Crippen LogP contribution is -2.15. The summed E-state index contributed by atoms with van der Waals surface area (Å²) < 4.78 is 1.61. The molecule has 0 aliphatic carbocycles. The Bertz CT molecular complexity index is 967. The van der Waals surface area contributed by atoms with Gasteiger partial charge in [-0.2, -0.15) is 5.10 Å². The van der Waals surface area contributed by atoms with Crippen LogP contribution >= 0.6 is 47.2 Å². The fraction of sp³-hybridized carbons (Fsp3) is 0.267. The van der Waals surface area contributed by atoms with Gasteiger partial charge in [0.25, 0.3) is 5.13 Å². The lowest BCUT2D eigenvalue weighted by atomic mass is 10.3. The van der Waals surface area contributed by atoms with E-state index in [1.165, 1.54) is 11.3 Å². The Morgan fingerprint density at radius 1 is 1.23 bits per heavy atom. The first-order valence-corrected chi connectivity index (χ1v) is 9.62. The maximum atomic E-state index is 6.27. The van der Waals surface area contributed by atoms with E-state index in [1.54, 1.807) is 23.0 Å². The van der Waals surface area contributed by atoms with Crippen molar-refractivity contribution in [2.45, 2.75) is 18.7 Å². The largest absolute Gasteiger partial charge is 0.350 e. The van der Waals surface area contributed by atoms with Crippen LogP contribution in [0.15, 0.2) is 33.5 Å². The Kier molecular flexibility index (Phi) is 5.81. The van der Waals surface area contributed by atoms with E-state index in [0.717, 1.165) is 11.7 Å². The minimum Gasteiger partial charge on any atom is -0.350 e. The van der Waals surface area contributed by atoms with Crippen LogP contribution in [0, 0.1) is 6.92 Å². The Morgan fingerprint density at radius 2 is 2.00 bits per heavy atom. The third kappa shape index (κ3) is 4.01. The summed E-state index contributed by atoms with van der Waals surface area (Å²) in [5.74, 6) is 0. The predicted molar refractivity (Wildman–Crippen MR) is 109 cm³/mol. The number of aromatic nitrogens is 4. The van der Waals surface area contributed by atoms with Crippen molar-refractivity contribution in [3.05, 3.63) is 34.1 Å². The number of halogens is 2. The normalized spacial score (nSPS) is 11.5. The first-order valence-electron chi connectivity index (χ1n) is 7.60. The molecule has 0 N–H and O–H groups in total. The third-order valence-electron chi connectivity index (χ3n) is 3.58. The van der Waals surface area contributed by atoms with Crippen molar-refractivity contribution in [2.24, 2.45) is 10.2 Å². The summed E-state index contributed by atoms with van der Waals surface area (Å²) in [5.41, 5.74) is 1.95. The Morgan fingerprint density at radius 3 is 2.73 bits per heavy atom. The summed E-state index contributed by atoms with van der Waals surface area (Å²) >= 11 is 18.0. The molecule has 3 aromatic rings. The van der Waals surface area contributed by atoms with Gasteiger partial charge in [0.2, 0.25) is 5.13 Å². The highest BCUT2D eigenvalue weighted by atomic mass is 35.5. The molecule has 0 amide bonds. The van der Waals surface area contributed by atoms with Gasteiger partial charge in [-0.25, -0.2) is 4.68 Å². The van der Waals surface area contributed by atoms with E-state index in [-0.39, 0.29) is 0 Å². The fourth-order valence-electron chi connectivity index (χ4n) is 2.01. The molecule has 136 valence electrons. The average Bonchev–Trinajstić information content (AvgIpc) is 3.22. The Hall–Kier alpha value is -1.68. The molecule has 2 aromatic heterocycles. The Labute approximate surface area is 170 Å². The number of anilines is 1. The number of nitrogens with zero attached hydrogens (tertiary/aromatic N) is 7. The molecule has 0 aliphatic heterocycles. The van der Waals surface area contributed by atoms with E-state index < -0.39 is 0 Å². The minimum atomic E-state index is 0.480. The molecule has 2 heterocycles. The molecule has 1 aromatic carbocycles. The lowest BCUT2D eigenvalue weighted by Gasteiger charge is -2.09. The van der Waals surface area contributed by atoms with Gasteiger partial charge in [-0.05, 0) is 26.0 Å². The van der Waals surface area contributed by atoms with Gasteiger partial charge in [-0.3, -0.25) is 0 Å². The average molecular weight is 428 g/mol. The second-order valence-corrected chi connectivity index (χ2v) is 7.61. The van der Waals surface area contributed by atoms with Gasteiger partial charge >= 0.3 is 0 Å². The van der Waals surface area contributed by atoms with Gasteiger partial charge < -0.3 is 4.90 Å². The topological polar surface area (TPSA) is 71.6 Å². The molecule has 0 saturated heterocycles. The van der Waals surface area contributed by atoms with Crippen molar-refractivity contribution in [2.75, 3.05) is 18.5 Å². The molecule has 0 spiro atoms. The van der Waals surface area contributed by atoms with Crippen LogP contribution in [0.2, 0.25) is 10.0 Å². The van der Waals surface area contributed by atoms with Gasteiger partial charge in [0, 0.05) is 18.5 Å². The van der Waals surface area contributed by atoms with Crippen LogP contribution in [-0.4, -0.2) is 33.6 Å². The summed E-state index contributed by atoms with van der Waals surface area (Å²) in [6.45, 7) is 4.72. The molecule has 0 saturated carbocycles. The van der Waals surface area contributed by atoms with Gasteiger partial charge in [-0.15, -0.1) is 33.1 Å².